The number of rotatable bonds is 6. The molecule has 194 valence electrons. The van der Waals surface area contributed by atoms with E-state index in [1.165, 1.54) is 9.36 Å². The molecule has 0 saturated carbocycles. The molecule has 0 spiro atoms. The lowest BCUT2D eigenvalue weighted by Gasteiger charge is -2.12. The highest BCUT2D eigenvalue weighted by Crippen LogP contribution is 2.31. The highest BCUT2D eigenvalue weighted by Gasteiger charge is 2.33. The highest BCUT2D eigenvalue weighted by atomic mass is 79.9. The van der Waals surface area contributed by atoms with Gasteiger partial charge in [-0.25, -0.2) is 14.0 Å². The predicted octanol–water partition coefficient (Wildman–Crippen LogP) is 4.78. The lowest BCUT2D eigenvalue weighted by atomic mass is 9.89. The van der Waals surface area contributed by atoms with Crippen molar-refractivity contribution in [3.63, 3.8) is 0 Å². The molecule has 6 rings (SSSR count). The summed E-state index contributed by atoms with van der Waals surface area (Å²) < 4.78 is 5.58. The standard InChI is InChI=1S/C29H24BrN7O2/c1-18-25(28(38)36(32-18)22-9-5-3-6-10-22)27(24-17-35(34-31-24)21-15-13-20(30)14-16-21)26-19(2)33-37(29(26)39)23-11-7-4-8-12-23/h3-17,27,32-33H,1-2H3. The topological polar surface area (TPSA) is 106 Å². The van der Waals surface area contributed by atoms with Crippen LogP contribution in [0, 0.1) is 13.8 Å². The van der Waals surface area contributed by atoms with Crippen LogP contribution in [0.25, 0.3) is 17.1 Å². The molecular formula is C29H24BrN7O2. The molecule has 0 amide bonds. The molecule has 0 radical (unpaired) electrons. The number of hydrogen-bond donors (Lipinski definition) is 2. The van der Waals surface area contributed by atoms with Crippen LogP contribution in [-0.2, 0) is 0 Å². The number of aromatic amines is 2. The monoisotopic (exact) mass is 581 g/mol. The Morgan fingerprint density at radius 1 is 0.692 bits per heavy atom. The number of aromatic nitrogens is 7. The lowest BCUT2D eigenvalue weighted by molar-refractivity contribution is 0.789. The van der Waals surface area contributed by atoms with E-state index in [1.807, 2.05) is 98.8 Å². The third kappa shape index (κ3) is 4.38. The molecule has 3 heterocycles. The van der Waals surface area contributed by atoms with E-state index >= 15 is 0 Å². The molecule has 0 aliphatic carbocycles. The van der Waals surface area contributed by atoms with Crippen LogP contribution in [0.15, 0.2) is 105 Å². The number of para-hydroxylation sites is 2. The Kier molecular flexibility index (Phi) is 6.24. The maximum atomic E-state index is 13.9. The summed E-state index contributed by atoms with van der Waals surface area (Å²) in [6.45, 7) is 3.67. The summed E-state index contributed by atoms with van der Waals surface area (Å²) in [7, 11) is 0. The van der Waals surface area contributed by atoms with Gasteiger partial charge in [-0.1, -0.05) is 57.5 Å². The van der Waals surface area contributed by atoms with Gasteiger partial charge in [-0.2, -0.15) is 0 Å². The second-order valence-corrected chi connectivity index (χ2v) is 10.2. The summed E-state index contributed by atoms with van der Waals surface area (Å²) >= 11 is 3.46. The number of aryl methyl sites for hydroxylation is 2. The summed E-state index contributed by atoms with van der Waals surface area (Å²) in [6.07, 6.45) is 1.77. The van der Waals surface area contributed by atoms with Gasteiger partial charge in [0.1, 0.15) is 0 Å². The van der Waals surface area contributed by atoms with Gasteiger partial charge in [-0.05, 0) is 62.4 Å². The van der Waals surface area contributed by atoms with Crippen molar-refractivity contribution in [1.82, 2.24) is 34.6 Å². The smallest absolute Gasteiger partial charge is 0.275 e. The molecule has 10 heteroatoms. The fraction of sp³-hybridized carbons (Fsp3) is 0.103. The number of hydrogen-bond acceptors (Lipinski definition) is 4. The van der Waals surface area contributed by atoms with E-state index in [4.69, 9.17) is 0 Å². The Morgan fingerprint density at radius 2 is 1.18 bits per heavy atom. The second kappa shape index (κ2) is 9.88. The molecule has 0 unspecified atom stereocenters. The molecule has 0 aliphatic heterocycles. The molecule has 0 bridgehead atoms. The number of H-pyrrole nitrogens is 2. The first-order valence-corrected chi connectivity index (χ1v) is 13.1. The van der Waals surface area contributed by atoms with Gasteiger partial charge < -0.3 is 0 Å². The van der Waals surface area contributed by atoms with Gasteiger partial charge in [0, 0.05) is 15.9 Å². The Hall–Kier alpha value is -4.70. The van der Waals surface area contributed by atoms with Gasteiger partial charge in [0.05, 0.1) is 46.0 Å². The molecule has 9 nitrogen and oxygen atoms in total. The largest absolute Gasteiger partial charge is 0.295 e. The number of nitrogens with one attached hydrogen (secondary N) is 2. The van der Waals surface area contributed by atoms with Gasteiger partial charge in [0.15, 0.2) is 0 Å². The third-order valence-corrected chi connectivity index (χ3v) is 7.27. The fourth-order valence-corrected chi connectivity index (χ4v) is 5.15. The Bertz CT molecular complexity index is 1780. The van der Waals surface area contributed by atoms with Crippen LogP contribution < -0.4 is 11.1 Å². The summed E-state index contributed by atoms with van der Waals surface area (Å²) in [5, 5.41) is 15.2. The van der Waals surface area contributed by atoms with Crippen LogP contribution in [0.2, 0.25) is 0 Å². The SMILES string of the molecule is Cc1[nH]n(-c2ccccc2)c(=O)c1C(c1cn(-c2ccc(Br)cc2)nn1)c1c(C)[nH]n(-c2ccccc2)c1=O. The van der Waals surface area contributed by atoms with Crippen LogP contribution >= 0.6 is 15.9 Å². The minimum absolute atomic E-state index is 0.256. The van der Waals surface area contributed by atoms with Crippen molar-refractivity contribution >= 4 is 15.9 Å². The van der Waals surface area contributed by atoms with Gasteiger partial charge in [0.2, 0.25) is 0 Å². The Morgan fingerprint density at radius 3 is 1.67 bits per heavy atom. The molecular weight excluding hydrogens is 558 g/mol. The Balaban J connectivity index is 1.57. The van der Waals surface area contributed by atoms with Gasteiger partial charge in [-0.3, -0.25) is 19.8 Å². The van der Waals surface area contributed by atoms with E-state index in [-0.39, 0.29) is 11.1 Å². The summed E-state index contributed by atoms with van der Waals surface area (Å²) in [5.74, 6) is -0.767. The van der Waals surface area contributed by atoms with Gasteiger partial charge >= 0.3 is 0 Å². The second-order valence-electron chi connectivity index (χ2n) is 9.25. The van der Waals surface area contributed by atoms with E-state index in [0.29, 0.717) is 39.6 Å². The summed E-state index contributed by atoms with van der Waals surface area (Å²) in [5.41, 5.74) is 4.30. The third-order valence-electron chi connectivity index (χ3n) is 6.74. The van der Waals surface area contributed by atoms with Gasteiger partial charge in [0.25, 0.3) is 11.1 Å². The minimum atomic E-state index is -0.767. The first-order valence-electron chi connectivity index (χ1n) is 12.3. The molecule has 0 saturated heterocycles. The van der Waals surface area contributed by atoms with Crippen LogP contribution in [0.5, 0.6) is 0 Å². The average molecular weight is 582 g/mol. The zero-order valence-electron chi connectivity index (χ0n) is 21.2. The van der Waals surface area contributed by atoms with Crippen molar-refractivity contribution in [3.8, 4) is 17.1 Å². The summed E-state index contributed by atoms with van der Waals surface area (Å²) in [4.78, 5) is 27.9. The quantitative estimate of drug-likeness (QED) is 0.295. The molecule has 6 aromatic rings. The van der Waals surface area contributed by atoms with Crippen molar-refractivity contribution in [2.75, 3.05) is 0 Å². The van der Waals surface area contributed by atoms with E-state index in [2.05, 4.69) is 36.4 Å². The van der Waals surface area contributed by atoms with Crippen molar-refractivity contribution < 1.29 is 0 Å². The van der Waals surface area contributed by atoms with Crippen molar-refractivity contribution in [2.24, 2.45) is 0 Å². The molecule has 3 aromatic heterocycles. The lowest BCUT2D eigenvalue weighted by Crippen LogP contribution is -2.25. The molecule has 3 aromatic carbocycles. The van der Waals surface area contributed by atoms with E-state index in [9.17, 15) is 9.59 Å². The van der Waals surface area contributed by atoms with Crippen LogP contribution in [0.1, 0.15) is 34.1 Å². The average Bonchev–Trinajstić information content (AvgIpc) is 3.64. The normalized spacial score (nSPS) is 11.4. The number of benzene rings is 3. The van der Waals surface area contributed by atoms with Crippen LogP contribution in [0.4, 0.5) is 0 Å². The van der Waals surface area contributed by atoms with E-state index in [0.717, 1.165) is 10.2 Å². The van der Waals surface area contributed by atoms with Crippen molar-refractivity contribution in [2.45, 2.75) is 19.8 Å². The Labute approximate surface area is 231 Å². The van der Waals surface area contributed by atoms with E-state index in [1.54, 1.807) is 10.9 Å². The van der Waals surface area contributed by atoms with E-state index < -0.39 is 5.92 Å². The molecule has 2 N–H and O–H groups in total. The highest BCUT2D eigenvalue weighted by molar-refractivity contribution is 9.10. The van der Waals surface area contributed by atoms with Crippen LogP contribution in [-0.4, -0.2) is 34.6 Å². The fourth-order valence-electron chi connectivity index (χ4n) is 4.89. The molecule has 0 aliphatic rings. The van der Waals surface area contributed by atoms with Crippen molar-refractivity contribution in [1.29, 1.82) is 0 Å². The minimum Gasteiger partial charge on any atom is -0.295 e. The zero-order valence-corrected chi connectivity index (χ0v) is 22.8. The van der Waals surface area contributed by atoms with Gasteiger partial charge in [-0.15, -0.1) is 5.10 Å². The molecule has 0 fully saturated rings. The number of nitrogens with zero attached hydrogens (tertiary/aromatic N) is 5. The first kappa shape index (κ1) is 24.6. The maximum absolute atomic E-state index is 13.9. The number of halogens is 1. The first-order chi connectivity index (χ1) is 18.9. The van der Waals surface area contributed by atoms with Crippen molar-refractivity contribution in [3.05, 3.63) is 145 Å². The zero-order chi connectivity index (χ0) is 27.1. The molecule has 0 atom stereocenters. The van der Waals surface area contributed by atoms with Crippen LogP contribution in [0.3, 0.4) is 0 Å². The molecule has 39 heavy (non-hydrogen) atoms. The summed E-state index contributed by atoms with van der Waals surface area (Å²) in [6, 6.07) is 26.3. The predicted molar refractivity (Wildman–Crippen MR) is 152 cm³/mol. The maximum Gasteiger partial charge on any atom is 0.275 e.